The maximum Gasteiger partial charge on any atom is 0.418 e. The Labute approximate surface area is 141 Å². The van der Waals surface area contributed by atoms with Crippen molar-refractivity contribution in [2.24, 2.45) is 0 Å². The van der Waals surface area contributed by atoms with Crippen molar-refractivity contribution >= 4 is 23.3 Å². The lowest BCUT2D eigenvalue weighted by Crippen LogP contribution is -2.09. The van der Waals surface area contributed by atoms with E-state index in [1.807, 2.05) is 0 Å². The molecule has 2 heterocycles. The summed E-state index contributed by atoms with van der Waals surface area (Å²) in [6.45, 7) is 3.44. The van der Waals surface area contributed by atoms with Crippen molar-refractivity contribution in [2.75, 3.05) is 10.6 Å². The zero-order valence-corrected chi connectivity index (χ0v) is 13.3. The first-order chi connectivity index (χ1) is 11.8. The largest absolute Gasteiger partial charge is 0.418 e. The average molecular weight is 349 g/mol. The van der Waals surface area contributed by atoms with Gasteiger partial charge in [0.1, 0.15) is 11.6 Å². The molecule has 0 saturated carbocycles. The van der Waals surface area contributed by atoms with E-state index in [0.717, 1.165) is 6.07 Å². The highest BCUT2D eigenvalue weighted by molar-refractivity contribution is 5.63. The highest BCUT2D eigenvalue weighted by Gasteiger charge is 2.33. The second kappa shape index (κ2) is 6.42. The van der Waals surface area contributed by atoms with Crippen molar-refractivity contribution < 1.29 is 17.7 Å². The molecule has 3 rings (SSSR count). The minimum atomic E-state index is -4.47. The van der Waals surface area contributed by atoms with E-state index in [1.54, 1.807) is 26.0 Å². The van der Waals surface area contributed by atoms with Gasteiger partial charge < -0.3 is 15.2 Å². The van der Waals surface area contributed by atoms with Gasteiger partial charge in [0.05, 0.1) is 11.3 Å². The summed E-state index contributed by atoms with van der Waals surface area (Å²) in [5.74, 6) is 1.43. The number of benzene rings is 1. The van der Waals surface area contributed by atoms with Crippen LogP contribution >= 0.6 is 0 Å². The summed E-state index contributed by atoms with van der Waals surface area (Å²) in [4.78, 5) is 8.36. The second-order valence-electron chi connectivity index (χ2n) is 5.33. The molecule has 25 heavy (non-hydrogen) atoms. The summed E-state index contributed by atoms with van der Waals surface area (Å²) in [6, 6.07) is 8.40. The number of aromatic nitrogens is 3. The Balaban J connectivity index is 1.89. The molecular weight excluding hydrogens is 335 g/mol. The van der Waals surface area contributed by atoms with Gasteiger partial charge in [-0.05, 0) is 26.0 Å². The second-order valence-corrected chi connectivity index (χ2v) is 5.33. The Bertz CT molecular complexity index is 891. The molecule has 0 unspecified atom stereocenters. The molecule has 0 atom stereocenters. The van der Waals surface area contributed by atoms with E-state index >= 15 is 0 Å². The van der Waals surface area contributed by atoms with Crippen LogP contribution in [0.2, 0.25) is 0 Å². The van der Waals surface area contributed by atoms with E-state index < -0.39 is 11.7 Å². The molecule has 0 aliphatic rings. The average Bonchev–Trinajstić information content (AvgIpc) is 2.91. The van der Waals surface area contributed by atoms with Gasteiger partial charge in [0.2, 0.25) is 5.95 Å². The first kappa shape index (κ1) is 16.7. The Morgan fingerprint density at radius 1 is 0.960 bits per heavy atom. The monoisotopic (exact) mass is 349 g/mol. The molecule has 0 bridgehead atoms. The summed E-state index contributed by atoms with van der Waals surface area (Å²) in [5.41, 5.74) is -0.283. The van der Waals surface area contributed by atoms with Crippen LogP contribution in [0.15, 0.2) is 40.9 Å². The number of rotatable bonds is 4. The van der Waals surface area contributed by atoms with Crippen LogP contribution < -0.4 is 10.6 Å². The molecular formula is C16H14F3N5O. The fourth-order valence-corrected chi connectivity index (χ4v) is 2.21. The van der Waals surface area contributed by atoms with Crippen LogP contribution in [0.1, 0.15) is 17.0 Å². The zero-order valence-electron chi connectivity index (χ0n) is 13.3. The van der Waals surface area contributed by atoms with Gasteiger partial charge in [-0.25, -0.2) is 4.98 Å². The number of aryl methyl sites for hydroxylation is 2. The third-order valence-corrected chi connectivity index (χ3v) is 3.22. The van der Waals surface area contributed by atoms with Gasteiger partial charge in [-0.3, -0.25) is 0 Å². The van der Waals surface area contributed by atoms with Gasteiger partial charge in [0.25, 0.3) is 0 Å². The molecule has 0 amide bonds. The third-order valence-electron chi connectivity index (χ3n) is 3.22. The summed E-state index contributed by atoms with van der Waals surface area (Å²) in [6.07, 6.45) is -4.47. The van der Waals surface area contributed by atoms with Crippen LogP contribution in [-0.4, -0.2) is 15.1 Å². The first-order valence-corrected chi connectivity index (χ1v) is 7.30. The van der Waals surface area contributed by atoms with Crippen LogP contribution in [0.5, 0.6) is 0 Å². The molecule has 0 radical (unpaired) electrons. The van der Waals surface area contributed by atoms with Gasteiger partial charge >= 0.3 is 6.18 Å². The summed E-state index contributed by atoms with van der Waals surface area (Å²) in [5, 5.41) is 9.31. The van der Waals surface area contributed by atoms with Gasteiger partial charge in [-0.15, -0.1) is 0 Å². The van der Waals surface area contributed by atoms with E-state index in [1.165, 1.54) is 18.2 Å². The van der Waals surface area contributed by atoms with Crippen LogP contribution in [-0.2, 0) is 6.18 Å². The molecule has 2 N–H and O–H groups in total. The summed E-state index contributed by atoms with van der Waals surface area (Å²) >= 11 is 0. The minimum absolute atomic E-state index is 0.0867. The van der Waals surface area contributed by atoms with Crippen molar-refractivity contribution in [1.29, 1.82) is 0 Å². The van der Waals surface area contributed by atoms with Crippen molar-refractivity contribution in [3.63, 3.8) is 0 Å². The Morgan fingerprint density at radius 3 is 2.40 bits per heavy atom. The van der Waals surface area contributed by atoms with E-state index in [4.69, 9.17) is 4.52 Å². The molecule has 3 aromatic rings. The lowest BCUT2D eigenvalue weighted by atomic mass is 10.1. The predicted octanol–water partition coefficient (Wildman–Crippen LogP) is 4.59. The lowest BCUT2D eigenvalue weighted by molar-refractivity contribution is -0.136. The maximum atomic E-state index is 13.1. The molecule has 0 aliphatic heterocycles. The molecule has 0 saturated heterocycles. The smallest absolute Gasteiger partial charge is 0.360 e. The van der Waals surface area contributed by atoms with Crippen LogP contribution in [0.25, 0.3) is 0 Å². The van der Waals surface area contributed by atoms with Crippen molar-refractivity contribution in [3.05, 3.63) is 53.4 Å². The Kier molecular flexibility index (Phi) is 4.30. The minimum Gasteiger partial charge on any atom is -0.360 e. The highest BCUT2D eigenvalue weighted by Crippen LogP contribution is 2.35. The maximum absolute atomic E-state index is 13.1. The number of anilines is 4. The molecule has 6 nitrogen and oxygen atoms in total. The first-order valence-electron chi connectivity index (χ1n) is 7.30. The number of hydrogen-bond acceptors (Lipinski definition) is 6. The Hall–Kier alpha value is -3.10. The van der Waals surface area contributed by atoms with Crippen LogP contribution in [0.4, 0.5) is 36.4 Å². The standard InChI is InChI=1S/C16H14F3N5O/c1-9-7-13(21-12-6-4-3-5-11(12)16(17,18)19)22-15(20-9)23-14-8-10(2)25-24-14/h3-8H,1-2H3,(H2,20,21,22,23,24). The molecule has 0 spiro atoms. The number of halogens is 3. The zero-order chi connectivity index (χ0) is 18.0. The van der Waals surface area contributed by atoms with E-state index in [9.17, 15) is 13.2 Å². The molecule has 2 aromatic heterocycles. The normalized spacial score (nSPS) is 11.4. The summed E-state index contributed by atoms with van der Waals surface area (Å²) < 4.78 is 44.2. The number of para-hydroxylation sites is 1. The van der Waals surface area contributed by atoms with Gasteiger partial charge in [0.15, 0.2) is 5.82 Å². The Morgan fingerprint density at radius 2 is 1.72 bits per heavy atom. The molecule has 1 aromatic carbocycles. The lowest BCUT2D eigenvalue weighted by Gasteiger charge is -2.14. The van der Waals surface area contributed by atoms with E-state index in [-0.39, 0.29) is 17.5 Å². The van der Waals surface area contributed by atoms with E-state index in [2.05, 4.69) is 25.8 Å². The number of alkyl halides is 3. The number of hydrogen-bond donors (Lipinski definition) is 2. The third kappa shape index (κ3) is 4.06. The van der Waals surface area contributed by atoms with Crippen molar-refractivity contribution in [3.8, 4) is 0 Å². The molecule has 0 aliphatic carbocycles. The van der Waals surface area contributed by atoms with Gasteiger partial charge in [-0.1, -0.05) is 17.3 Å². The van der Waals surface area contributed by atoms with Gasteiger partial charge in [0, 0.05) is 17.8 Å². The van der Waals surface area contributed by atoms with Crippen LogP contribution in [0, 0.1) is 13.8 Å². The van der Waals surface area contributed by atoms with Crippen LogP contribution in [0.3, 0.4) is 0 Å². The number of nitrogens with zero attached hydrogens (tertiary/aromatic N) is 3. The number of nitrogens with one attached hydrogen (secondary N) is 2. The van der Waals surface area contributed by atoms with Crippen molar-refractivity contribution in [2.45, 2.75) is 20.0 Å². The molecule has 0 fully saturated rings. The highest BCUT2D eigenvalue weighted by atomic mass is 19.4. The molecule has 130 valence electrons. The summed E-state index contributed by atoms with van der Waals surface area (Å²) in [7, 11) is 0. The fraction of sp³-hybridized carbons (Fsp3) is 0.188. The topological polar surface area (TPSA) is 75.9 Å². The molecule has 9 heteroatoms. The van der Waals surface area contributed by atoms with E-state index in [0.29, 0.717) is 17.3 Å². The fourth-order valence-electron chi connectivity index (χ4n) is 2.21. The van der Waals surface area contributed by atoms with Gasteiger partial charge in [-0.2, -0.15) is 18.2 Å². The van der Waals surface area contributed by atoms with Crippen molar-refractivity contribution in [1.82, 2.24) is 15.1 Å². The predicted molar refractivity (Wildman–Crippen MR) is 86.0 cm³/mol. The quantitative estimate of drug-likeness (QED) is 0.718. The SMILES string of the molecule is Cc1cc(Nc2ccccc2C(F)(F)F)nc(Nc2cc(C)on2)n1.